The van der Waals surface area contributed by atoms with E-state index in [0.717, 1.165) is 42.4 Å². The Bertz CT molecular complexity index is 1530. The number of phenolic OH excluding ortho intramolecular Hbond substituents is 3. The number of methoxy groups -OCH3 is 1. The van der Waals surface area contributed by atoms with Crippen molar-refractivity contribution in [1.29, 1.82) is 0 Å². The molecule has 1 heterocycles. The second kappa shape index (κ2) is 14.4. The first kappa shape index (κ1) is 31.0. The second-order valence-corrected chi connectivity index (χ2v) is 11.8. The van der Waals surface area contributed by atoms with Crippen LogP contribution in [0.15, 0.2) is 79.1 Å². The van der Waals surface area contributed by atoms with Gasteiger partial charge in [0.05, 0.1) is 19.3 Å². The Morgan fingerprint density at radius 1 is 0.864 bits per heavy atom. The molecule has 1 aromatic heterocycles. The first-order valence-electron chi connectivity index (χ1n) is 15.2. The monoisotopic (exact) mass is 598 g/mol. The van der Waals surface area contributed by atoms with Crippen molar-refractivity contribution in [2.75, 3.05) is 7.11 Å². The topological polar surface area (TPSA) is 131 Å². The lowest BCUT2D eigenvalue weighted by Crippen LogP contribution is -2.30. The van der Waals surface area contributed by atoms with Gasteiger partial charge in [0.2, 0.25) is 0 Å². The Labute approximate surface area is 257 Å². The number of nitrogens with zero attached hydrogens (tertiary/aromatic N) is 1. The van der Waals surface area contributed by atoms with E-state index in [9.17, 15) is 25.2 Å². The van der Waals surface area contributed by atoms with Gasteiger partial charge in [-0.25, -0.2) is 0 Å². The number of ether oxygens (including phenoxy) is 2. The number of rotatable bonds is 14. The van der Waals surface area contributed by atoms with E-state index in [1.165, 1.54) is 13.2 Å². The number of hydrogen-bond donors (Lipinski definition) is 4. The minimum Gasteiger partial charge on any atom is -0.670 e. The van der Waals surface area contributed by atoms with Gasteiger partial charge in [-0.15, -0.1) is 0 Å². The molecule has 232 valence electrons. The van der Waals surface area contributed by atoms with Crippen LogP contribution in [0.5, 0.6) is 28.7 Å². The number of ketones is 1. The lowest BCUT2D eigenvalue weighted by atomic mass is 9.81. The van der Waals surface area contributed by atoms with E-state index in [-0.39, 0.29) is 41.5 Å². The summed E-state index contributed by atoms with van der Waals surface area (Å²) in [6.45, 7) is 0. The van der Waals surface area contributed by atoms with Gasteiger partial charge in [-0.2, -0.15) is 12.4 Å². The summed E-state index contributed by atoms with van der Waals surface area (Å²) in [7, 11) is 1.47. The van der Waals surface area contributed by atoms with Gasteiger partial charge in [-0.1, -0.05) is 35.9 Å². The molecule has 1 fully saturated rings. The van der Waals surface area contributed by atoms with Crippen LogP contribution in [0.25, 0.3) is 0 Å². The van der Waals surface area contributed by atoms with Crippen LogP contribution in [-0.4, -0.2) is 45.5 Å². The maximum Gasteiger partial charge on any atom is 0.161 e. The summed E-state index contributed by atoms with van der Waals surface area (Å²) in [5, 5.41) is 42.3. The molecule has 0 amide bonds. The zero-order valence-electron chi connectivity index (χ0n) is 24.9. The number of Topliss-reactive ketones (excluding diaryl/α,β-unsaturated/α-hetero) is 1. The van der Waals surface area contributed by atoms with E-state index >= 15 is 0 Å². The predicted octanol–water partition coefficient (Wildman–Crippen LogP) is 5.84. The van der Waals surface area contributed by atoms with Crippen LogP contribution in [0.4, 0.5) is 0 Å². The average molecular weight is 599 g/mol. The fraction of sp³-hybridized carbons (Fsp3) is 0.361. The SMILES string of the molecule is COc1cc(C[C@H](C(=O)C[C@@H](O)[C@H](Cc2cc[n-]c2)Cc2ccc(O)c(OC3CCCC3)c2)c2cccc(O)c2)ccc1O. The van der Waals surface area contributed by atoms with Crippen molar-refractivity contribution in [3.05, 3.63) is 101 Å². The quantitative estimate of drug-likeness (QED) is 0.142. The van der Waals surface area contributed by atoms with Crippen LogP contribution < -0.4 is 14.5 Å². The molecule has 0 spiro atoms. The van der Waals surface area contributed by atoms with Crippen LogP contribution in [-0.2, 0) is 24.1 Å². The lowest BCUT2D eigenvalue weighted by molar-refractivity contribution is -0.123. The number of phenols is 3. The molecule has 3 atom stereocenters. The molecule has 4 aromatic rings. The molecule has 0 unspecified atom stereocenters. The van der Waals surface area contributed by atoms with Crippen LogP contribution in [0.2, 0.25) is 0 Å². The third-order valence-electron chi connectivity index (χ3n) is 8.53. The maximum absolute atomic E-state index is 14.0. The van der Waals surface area contributed by atoms with E-state index in [4.69, 9.17) is 9.47 Å². The van der Waals surface area contributed by atoms with Crippen molar-refractivity contribution in [1.82, 2.24) is 4.98 Å². The number of benzene rings is 3. The van der Waals surface area contributed by atoms with Crippen molar-refractivity contribution in [2.45, 2.75) is 69.5 Å². The van der Waals surface area contributed by atoms with Crippen LogP contribution >= 0.6 is 0 Å². The van der Waals surface area contributed by atoms with Gasteiger partial charge in [0.1, 0.15) is 11.5 Å². The molecule has 8 heteroatoms. The first-order valence-corrected chi connectivity index (χ1v) is 15.2. The molecule has 0 radical (unpaired) electrons. The third kappa shape index (κ3) is 7.94. The lowest BCUT2D eigenvalue weighted by Gasteiger charge is -2.26. The summed E-state index contributed by atoms with van der Waals surface area (Å²) in [5.74, 6) is -0.237. The number of aromatic hydroxyl groups is 3. The number of carbonyl (C=O) groups excluding carboxylic acids is 1. The molecule has 3 aromatic carbocycles. The molecule has 0 saturated heterocycles. The number of aliphatic hydroxyl groups is 1. The smallest absolute Gasteiger partial charge is 0.161 e. The molecular weight excluding hydrogens is 558 g/mol. The Kier molecular flexibility index (Phi) is 10.1. The molecule has 5 rings (SSSR count). The Morgan fingerprint density at radius 3 is 2.23 bits per heavy atom. The van der Waals surface area contributed by atoms with Crippen LogP contribution in [0.3, 0.4) is 0 Å². The normalized spacial score (nSPS) is 15.5. The van der Waals surface area contributed by atoms with Gasteiger partial charge in [0, 0.05) is 12.3 Å². The van der Waals surface area contributed by atoms with Crippen molar-refractivity contribution in [2.24, 2.45) is 5.92 Å². The zero-order chi connectivity index (χ0) is 31.1. The highest BCUT2D eigenvalue weighted by Gasteiger charge is 2.29. The van der Waals surface area contributed by atoms with E-state index in [0.29, 0.717) is 36.3 Å². The fourth-order valence-electron chi connectivity index (χ4n) is 6.12. The molecule has 4 N–H and O–H groups in total. The largest absolute Gasteiger partial charge is 0.670 e. The average Bonchev–Trinajstić information content (AvgIpc) is 3.72. The molecule has 0 bridgehead atoms. The molecule has 0 aliphatic heterocycles. The second-order valence-electron chi connectivity index (χ2n) is 11.8. The predicted molar refractivity (Wildman–Crippen MR) is 166 cm³/mol. The summed E-state index contributed by atoms with van der Waals surface area (Å²) in [6, 6.07) is 18.8. The molecule has 1 aliphatic rings. The van der Waals surface area contributed by atoms with Crippen LogP contribution in [0.1, 0.15) is 60.3 Å². The Balaban J connectivity index is 1.37. The van der Waals surface area contributed by atoms with Gasteiger partial charge in [-0.3, -0.25) is 4.79 Å². The fourth-order valence-corrected chi connectivity index (χ4v) is 6.12. The summed E-state index contributed by atoms with van der Waals surface area (Å²) in [5.41, 5.74) is 3.27. The van der Waals surface area contributed by atoms with E-state index in [2.05, 4.69) is 4.98 Å². The number of carbonyl (C=O) groups is 1. The maximum atomic E-state index is 14.0. The minimum absolute atomic E-state index is 0.00257. The number of aromatic nitrogens is 1. The summed E-state index contributed by atoms with van der Waals surface area (Å²) in [4.78, 5) is 18.1. The van der Waals surface area contributed by atoms with Gasteiger partial charge < -0.3 is 34.9 Å². The molecule has 8 nitrogen and oxygen atoms in total. The Morgan fingerprint density at radius 2 is 1.55 bits per heavy atom. The highest BCUT2D eigenvalue weighted by Crippen LogP contribution is 2.35. The van der Waals surface area contributed by atoms with Crippen molar-refractivity contribution < 1.29 is 34.7 Å². The molecule has 1 saturated carbocycles. The van der Waals surface area contributed by atoms with E-state index < -0.39 is 12.0 Å². The van der Waals surface area contributed by atoms with Crippen molar-refractivity contribution in [3.63, 3.8) is 0 Å². The highest BCUT2D eigenvalue weighted by atomic mass is 16.5. The molecular formula is C36H40NO7-. The standard InChI is InChI=1S/C36H40NO7/c1-43-35-18-24(10-11-31(35)39)17-30(26-5-4-6-28(38)20-26)34(42)21-33(41)27(16-25-13-14-37-22-25)15-23-9-12-32(40)36(19-23)44-29-7-2-3-8-29/h4-6,9-14,18-20,22,27,29-30,33,38-41H,2-3,7-8,15-17,21H2,1H3/q-1/t27-,30-,33+/m0/s1. The van der Waals surface area contributed by atoms with E-state index in [1.54, 1.807) is 54.9 Å². The molecule has 1 aliphatic carbocycles. The number of hydrogen-bond acceptors (Lipinski definition) is 7. The first-order chi connectivity index (χ1) is 21.3. The summed E-state index contributed by atoms with van der Waals surface area (Å²) >= 11 is 0. The summed E-state index contributed by atoms with van der Waals surface area (Å²) in [6.07, 6.45) is 7.93. The molecule has 44 heavy (non-hydrogen) atoms. The van der Waals surface area contributed by atoms with Gasteiger partial charge in [0.15, 0.2) is 23.0 Å². The summed E-state index contributed by atoms with van der Waals surface area (Å²) < 4.78 is 11.4. The highest BCUT2D eigenvalue weighted by molar-refractivity contribution is 5.86. The number of aliphatic hydroxyl groups excluding tert-OH is 1. The van der Waals surface area contributed by atoms with E-state index in [1.807, 2.05) is 18.2 Å². The van der Waals surface area contributed by atoms with Gasteiger partial charge in [0.25, 0.3) is 0 Å². The zero-order valence-corrected chi connectivity index (χ0v) is 24.9. The Hall–Kier alpha value is -4.43. The van der Waals surface area contributed by atoms with Gasteiger partial charge >= 0.3 is 0 Å². The van der Waals surface area contributed by atoms with Crippen molar-refractivity contribution in [3.8, 4) is 28.7 Å². The van der Waals surface area contributed by atoms with Crippen molar-refractivity contribution >= 4 is 5.78 Å². The van der Waals surface area contributed by atoms with Crippen LogP contribution in [0, 0.1) is 5.92 Å². The van der Waals surface area contributed by atoms with Gasteiger partial charge in [-0.05, 0) is 104 Å². The minimum atomic E-state index is -0.973. The third-order valence-corrected chi connectivity index (χ3v) is 8.53.